The monoisotopic (exact) mass is 1160 g/mol. The Labute approximate surface area is 473 Å². The minimum Gasteiger partial charge on any atom is -0.461 e. The number of piperazine rings is 1. The molecule has 82 heavy (non-hydrogen) atoms. The summed E-state index contributed by atoms with van der Waals surface area (Å²) in [5, 5.41) is 31.2. The van der Waals surface area contributed by atoms with Gasteiger partial charge in [-0.2, -0.15) is 15.2 Å². The van der Waals surface area contributed by atoms with Crippen molar-refractivity contribution < 1.29 is 41.7 Å². The van der Waals surface area contributed by atoms with Gasteiger partial charge in [-0.15, -0.1) is 22.0 Å². The number of esters is 1. The third-order valence-electron chi connectivity index (χ3n) is 16.8. The zero-order valence-corrected chi connectivity index (χ0v) is 45.7. The fourth-order valence-corrected chi connectivity index (χ4v) is 13.9. The fourth-order valence-electron chi connectivity index (χ4n) is 12.6. The molecule has 13 rings (SSSR count). The second-order valence-corrected chi connectivity index (χ2v) is 23.1. The second-order valence-electron chi connectivity index (χ2n) is 21.6. The maximum atomic E-state index is 17.5. The Morgan fingerprint density at radius 1 is 1.11 bits per heavy atom. The van der Waals surface area contributed by atoms with Crippen molar-refractivity contribution in [2.24, 2.45) is 5.10 Å². The molecule has 0 aliphatic carbocycles. The number of carbonyl (C=O) groups is 2. The topological polar surface area (TPSA) is 245 Å². The van der Waals surface area contributed by atoms with Crippen LogP contribution >= 0.6 is 22.9 Å². The number of halogens is 5. The summed E-state index contributed by atoms with van der Waals surface area (Å²) in [7, 11) is 0. The van der Waals surface area contributed by atoms with E-state index in [0.717, 1.165) is 30.4 Å². The number of nitrogens with one attached hydrogen (secondary N) is 3. The minimum absolute atomic E-state index is 0.00352. The third kappa shape index (κ3) is 8.43. The molecule has 4 aromatic heterocycles. The van der Waals surface area contributed by atoms with Crippen molar-refractivity contribution in [1.29, 1.82) is 5.26 Å². The van der Waals surface area contributed by atoms with E-state index in [0.29, 0.717) is 40.1 Å². The van der Waals surface area contributed by atoms with Crippen LogP contribution in [-0.4, -0.2) is 127 Å². The van der Waals surface area contributed by atoms with E-state index < -0.39 is 52.3 Å². The van der Waals surface area contributed by atoms with Gasteiger partial charge < -0.3 is 40.0 Å². The zero-order valence-electron chi connectivity index (χ0n) is 44.1. The highest BCUT2D eigenvalue weighted by atomic mass is 35.5. The average Bonchev–Trinajstić information content (AvgIpc) is 4.38. The van der Waals surface area contributed by atoms with Crippen LogP contribution in [-0.2, 0) is 33.1 Å². The number of aromatic nitrogens is 4. The molecule has 0 unspecified atom stereocenters. The molecule has 6 aliphatic heterocycles. The second kappa shape index (κ2) is 19.8. The Balaban J connectivity index is 0.714. The van der Waals surface area contributed by atoms with E-state index in [2.05, 4.69) is 38.0 Å². The van der Waals surface area contributed by atoms with Crippen LogP contribution in [0.4, 0.5) is 34.1 Å². The lowest BCUT2D eigenvalue weighted by Gasteiger charge is -2.41. The number of carbonyl (C=O) groups excluding carboxylic acids is 2. The highest BCUT2D eigenvalue weighted by Crippen LogP contribution is 2.47. The Kier molecular flexibility index (Phi) is 12.8. The molecule has 3 aromatic carbocycles. The van der Waals surface area contributed by atoms with Crippen molar-refractivity contribution in [1.82, 2.24) is 45.4 Å². The van der Waals surface area contributed by atoms with Crippen LogP contribution in [0.5, 0.6) is 6.01 Å². The Morgan fingerprint density at radius 2 is 1.94 bits per heavy atom. The summed E-state index contributed by atoms with van der Waals surface area (Å²) in [5.41, 5.74) is 11.1. The van der Waals surface area contributed by atoms with Gasteiger partial charge in [0, 0.05) is 83.1 Å². The summed E-state index contributed by atoms with van der Waals surface area (Å²) in [6, 6.07) is 11.8. The number of nitrogens with zero attached hydrogens (tertiary/aromatic N) is 10. The van der Waals surface area contributed by atoms with E-state index in [1.807, 2.05) is 24.0 Å². The van der Waals surface area contributed by atoms with Crippen LogP contribution in [0.1, 0.15) is 61.8 Å². The number of nitriles is 1. The van der Waals surface area contributed by atoms with Crippen molar-refractivity contribution in [2.75, 3.05) is 68.4 Å². The molecule has 4 atom stereocenters. The fraction of sp³-hybridized carbons (Fsp3) is 0.357. The van der Waals surface area contributed by atoms with E-state index in [4.69, 9.17) is 36.8 Å². The van der Waals surface area contributed by atoms with Crippen molar-refractivity contribution in [3.63, 3.8) is 0 Å². The molecule has 6 N–H and O–H groups in total. The molecule has 26 heteroatoms. The predicted octanol–water partition coefficient (Wildman–Crippen LogP) is 6.73. The molecular formula is C56H51ClF4N14O6S. The van der Waals surface area contributed by atoms with E-state index >= 15 is 13.2 Å². The number of hydrogen-bond donors (Lipinski definition) is 5. The molecule has 7 aromatic rings. The lowest BCUT2D eigenvalue weighted by Crippen LogP contribution is -2.55. The lowest BCUT2D eigenvalue weighted by molar-refractivity contribution is -0.172. The number of hydrazone groups is 1. The summed E-state index contributed by atoms with van der Waals surface area (Å²) in [4.78, 5) is 60.3. The molecule has 0 radical (unpaired) electrons. The first-order chi connectivity index (χ1) is 39.4. The van der Waals surface area contributed by atoms with Gasteiger partial charge in [0.2, 0.25) is 0 Å². The summed E-state index contributed by atoms with van der Waals surface area (Å²) in [6.07, 6.45) is 0.809. The van der Waals surface area contributed by atoms with Crippen LogP contribution in [0.3, 0.4) is 0 Å². The number of aliphatic hydroxyl groups is 1. The summed E-state index contributed by atoms with van der Waals surface area (Å²) in [6.45, 7) is 9.17. The number of alkyl halides is 1. The number of fused-ring (bicyclic) bond motifs is 8. The Morgan fingerprint density at radius 3 is 2.73 bits per heavy atom. The first kappa shape index (κ1) is 53.2. The molecule has 3 saturated heterocycles. The number of cyclic esters (lactones) is 1. The molecule has 0 bridgehead atoms. The number of nitrogen functional groups attached to an aromatic ring is 1. The van der Waals surface area contributed by atoms with Gasteiger partial charge in [0.25, 0.3) is 11.5 Å². The number of amides is 1. The molecule has 0 spiro atoms. The van der Waals surface area contributed by atoms with Crippen molar-refractivity contribution in [3.8, 4) is 34.6 Å². The Bertz CT molecular complexity index is 4100. The Hall–Kier alpha value is -8.15. The minimum atomic E-state index is -1.99. The number of ether oxygens (including phenoxy) is 2. The quantitative estimate of drug-likeness (QED) is 0.0484. The van der Waals surface area contributed by atoms with Gasteiger partial charge in [-0.25, -0.2) is 32.9 Å². The van der Waals surface area contributed by atoms with Gasteiger partial charge in [0.1, 0.15) is 53.4 Å². The van der Waals surface area contributed by atoms with Crippen LogP contribution in [0.2, 0.25) is 5.02 Å². The van der Waals surface area contributed by atoms with Crippen LogP contribution in [0, 0.1) is 28.8 Å². The van der Waals surface area contributed by atoms with E-state index in [9.17, 15) is 29.1 Å². The normalized spacial score (nSPS) is 22.0. The van der Waals surface area contributed by atoms with Gasteiger partial charge in [0.05, 0.1) is 68.6 Å². The van der Waals surface area contributed by atoms with Gasteiger partial charge in [-0.05, 0) is 68.6 Å². The number of amidine groups is 1. The largest absolute Gasteiger partial charge is 0.461 e. The first-order valence-electron chi connectivity index (χ1n) is 26.6. The highest BCUT2D eigenvalue weighted by molar-refractivity contribution is 7.23. The van der Waals surface area contributed by atoms with E-state index in [1.54, 1.807) is 29.0 Å². The zero-order chi connectivity index (χ0) is 57.3. The number of thiophene rings is 1. The number of hydrazine groups is 2. The predicted molar refractivity (Wildman–Crippen MR) is 299 cm³/mol. The van der Waals surface area contributed by atoms with Gasteiger partial charge in [0.15, 0.2) is 17.3 Å². The van der Waals surface area contributed by atoms with Crippen LogP contribution in [0.15, 0.2) is 64.5 Å². The van der Waals surface area contributed by atoms with Gasteiger partial charge in [-0.3, -0.25) is 19.5 Å². The molecule has 0 saturated carbocycles. The van der Waals surface area contributed by atoms with Crippen molar-refractivity contribution in [3.05, 3.63) is 110 Å². The van der Waals surface area contributed by atoms with Crippen molar-refractivity contribution in [2.45, 2.75) is 76.0 Å². The first-order valence-corrected chi connectivity index (χ1v) is 27.8. The van der Waals surface area contributed by atoms with Crippen LogP contribution in [0.25, 0.3) is 54.4 Å². The molecular weight excluding hydrogens is 1110 g/mol. The standard InChI is InChI=1S/C56H51ClF4N14O6S/c1-4-56(79)35-15-41-46-29(22-74(41)52(77)34(35)24-80-53(56)78)12-28-13-40(38(60)16-39(28)65-46)64-19-42-68-69-70-75(42)20-26(2)51(76)71-10-11-73(27(3)21-71)50-32-14-36(57)44(31-6-7-37(59)48-43(31)33(18-62)49(63)82-48)45(61)47(32)66-54(67-50)81-25-55-8-5-9-72(55)23-30(58)17-55/h6-7,12-16,27,30,64,69-70,79H,2,4-5,8-11,17,19-25,63H2,1,3H3/t27-,30+,55-,56-/m0/s1. The van der Waals surface area contributed by atoms with Gasteiger partial charge >= 0.3 is 12.0 Å². The summed E-state index contributed by atoms with van der Waals surface area (Å²) in [5.74, 6) is -2.66. The number of rotatable bonds is 12. The van der Waals surface area contributed by atoms with Gasteiger partial charge in [-0.1, -0.05) is 31.2 Å². The summed E-state index contributed by atoms with van der Waals surface area (Å²) < 4.78 is 76.5. The van der Waals surface area contributed by atoms with E-state index in [1.165, 1.54) is 22.8 Å². The lowest BCUT2D eigenvalue weighted by atomic mass is 9.86. The average molecular weight is 1160 g/mol. The maximum absolute atomic E-state index is 17.5. The molecule has 3 fully saturated rings. The molecule has 422 valence electrons. The number of hydrogen-bond acceptors (Lipinski definition) is 19. The number of anilines is 3. The maximum Gasteiger partial charge on any atom is 0.343 e. The molecule has 6 aliphatic rings. The van der Waals surface area contributed by atoms with Crippen molar-refractivity contribution >= 4 is 89.0 Å². The number of nitrogens with two attached hydrogens (primary N) is 1. The third-order valence-corrected chi connectivity index (χ3v) is 18.2. The molecule has 20 nitrogen and oxygen atoms in total. The number of pyridine rings is 2. The highest BCUT2D eigenvalue weighted by Gasteiger charge is 2.50. The van der Waals surface area contributed by atoms with E-state index in [-0.39, 0.29) is 160 Å². The smallest absolute Gasteiger partial charge is 0.343 e. The van der Waals surface area contributed by atoms with Crippen LogP contribution < -0.4 is 37.3 Å². The summed E-state index contributed by atoms with van der Waals surface area (Å²) >= 11 is 7.86. The SMILES string of the molecule is C=C(CN1NNN=C1CNc1cc2cc3c(nc2cc1F)-c1cc2c(c(=O)n1C3)COC(=O)[C@]2(O)CC)C(=O)N1CCN(c2nc(OC[C@@]34CCCN3C[C@H](F)C4)nc3c(F)c(-c4ccc(F)c5sc(N)c(C#N)c45)c(Cl)cc23)[C@@H](C)C1. The molecule has 10 heterocycles. The molecule has 1 amide bonds. The number of benzene rings is 3.